The topological polar surface area (TPSA) is 63.0 Å². The molecule has 0 aliphatic heterocycles. The minimum Gasteiger partial charge on any atom is -0.495 e. The van der Waals surface area contributed by atoms with Crippen molar-refractivity contribution in [2.75, 3.05) is 21.3 Å². The van der Waals surface area contributed by atoms with Gasteiger partial charge in [0.25, 0.3) is 0 Å². The number of rotatable bonds is 7. The first-order valence-electron chi connectivity index (χ1n) is 8.98. The molecule has 6 heteroatoms. The van der Waals surface area contributed by atoms with E-state index in [1.165, 1.54) is 0 Å². The van der Waals surface area contributed by atoms with E-state index in [0.717, 1.165) is 42.5 Å². The monoisotopic (exact) mass is 361 g/mol. The first-order valence-corrected chi connectivity index (χ1v) is 8.98. The van der Waals surface area contributed by atoms with E-state index < -0.39 is 5.79 Å². The molecule has 1 atom stereocenters. The van der Waals surface area contributed by atoms with Crippen LogP contribution < -0.4 is 0 Å². The molecule has 0 amide bonds. The van der Waals surface area contributed by atoms with Crippen LogP contribution in [0.4, 0.5) is 0 Å². The van der Waals surface area contributed by atoms with Crippen LogP contribution in [-0.2, 0) is 25.6 Å². The van der Waals surface area contributed by atoms with E-state index >= 15 is 0 Å². The summed E-state index contributed by atoms with van der Waals surface area (Å²) in [6, 6.07) is 0. The maximum absolute atomic E-state index is 6.10. The number of nitrogens with zero attached hydrogens (tertiary/aromatic N) is 1. The van der Waals surface area contributed by atoms with Crippen molar-refractivity contribution < 1.29 is 23.5 Å². The van der Waals surface area contributed by atoms with Crippen molar-refractivity contribution in [3.63, 3.8) is 0 Å². The minimum atomic E-state index is -0.956. The van der Waals surface area contributed by atoms with Gasteiger partial charge in [-0.25, -0.2) is 0 Å². The highest BCUT2D eigenvalue weighted by Crippen LogP contribution is 2.38. The zero-order valence-corrected chi connectivity index (χ0v) is 15.7. The van der Waals surface area contributed by atoms with Crippen LogP contribution in [0.2, 0.25) is 0 Å². The molecule has 1 aromatic rings. The Morgan fingerprint density at radius 1 is 1.19 bits per heavy atom. The summed E-state index contributed by atoms with van der Waals surface area (Å²) in [5, 5.41) is 4.19. The summed E-state index contributed by atoms with van der Waals surface area (Å²) in [6.45, 7) is 0.475. The van der Waals surface area contributed by atoms with E-state index in [1.807, 2.05) is 12.2 Å². The zero-order chi connectivity index (χ0) is 18.4. The fourth-order valence-electron chi connectivity index (χ4n) is 3.45. The lowest BCUT2D eigenvalue weighted by molar-refractivity contribution is -0.197. The molecule has 1 unspecified atom stereocenters. The Balaban J connectivity index is 1.74. The molecule has 3 rings (SSSR count). The van der Waals surface area contributed by atoms with Crippen molar-refractivity contribution in [3.8, 4) is 0 Å². The van der Waals surface area contributed by atoms with Gasteiger partial charge in [0.15, 0.2) is 5.76 Å². The molecule has 6 nitrogen and oxygen atoms in total. The fourth-order valence-corrected chi connectivity index (χ4v) is 3.45. The highest BCUT2D eigenvalue weighted by atomic mass is 16.7. The molecule has 0 saturated heterocycles. The molecule has 26 heavy (non-hydrogen) atoms. The standard InChI is InChI=1S/C20H27NO5/c1-22-18-11-10-15(12-20(18,23-2)24-3)19-16(14-26-21-19)13-25-17-8-6-4-5-7-9-17/h4,6,10-11,14,17H,5,7-9,12-13H2,1-3H3. The number of ether oxygens (including phenoxy) is 4. The predicted octanol–water partition coefficient (Wildman–Crippen LogP) is 4.00. The van der Waals surface area contributed by atoms with Gasteiger partial charge in [-0.1, -0.05) is 23.4 Å². The second-order valence-electron chi connectivity index (χ2n) is 6.52. The third kappa shape index (κ3) is 3.92. The first kappa shape index (κ1) is 18.9. The summed E-state index contributed by atoms with van der Waals surface area (Å²) < 4.78 is 28.0. The van der Waals surface area contributed by atoms with Gasteiger partial charge in [-0.05, 0) is 37.3 Å². The second-order valence-corrected chi connectivity index (χ2v) is 6.52. The third-order valence-electron chi connectivity index (χ3n) is 5.00. The van der Waals surface area contributed by atoms with Gasteiger partial charge in [0.1, 0.15) is 12.0 Å². The number of methoxy groups -OCH3 is 3. The van der Waals surface area contributed by atoms with Crippen LogP contribution >= 0.6 is 0 Å². The molecule has 2 aliphatic rings. The summed E-state index contributed by atoms with van der Waals surface area (Å²) in [5.74, 6) is -0.333. The van der Waals surface area contributed by atoms with E-state index in [-0.39, 0.29) is 6.10 Å². The Hall–Kier alpha value is -1.89. The van der Waals surface area contributed by atoms with Crippen molar-refractivity contribution in [2.45, 2.75) is 50.6 Å². The summed E-state index contributed by atoms with van der Waals surface area (Å²) in [6.07, 6.45) is 15.0. The van der Waals surface area contributed by atoms with E-state index in [4.69, 9.17) is 23.5 Å². The smallest absolute Gasteiger partial charge is 0.231 e. The molecular formula is C20H27NO5. The molecule has 142 valence electrons. The van der Waals surface area contributed by atoms with Crippen LogP contribution in [0.5, 0.6) is 0 Å². The van der Waals surface area contributed by atoms with Crippen LogP contribution in [0.15, 0.2) is 40.8 Å². The van der Waals surface area contributed by atoms with Gasteiger partial charge in [0.05, 0.1) is 19.8 Å². The normalized spacial score (nSPS) is 22.5. The number of hydrogen-bond donors (Lipinski definition) is 0. The Labute approximate surface area is 154 Å². The molecule has 0 bridgehead atoms. The molecule has 0 N–H and O–H groups in total. The van der Waals surface area contributed by atoms with E-state index in [0.29, 0.717) is 18.8 Å². The molecule has 0 spiro atoms. The van der Waals surface area contributed by atoms with Crippen molar-refractivity contribution in [2.24, 2.45) is 0 Å². The summed E-state index contributed by atoms with van der Waals surface area (Å²) >= 11 is 0. The number of aromatic nitrogens is 1. The molecule has 0 fully saturated rings. The molecule has 0 radical (unpaired) electrons. The van der Waals surface area contributed by atoms with E-state index in [2.05, 4.69) is 17.3 Å². The van der Waals surface area contributed by atoms with Gasteiger partial charge in [0.2, 0.25) is 5.79 Å². The largest absolute Gasteiger partial charge is 0.495 e. The predicted molar refractivity (Wildman–Crippen MR) is 97.1 cm³/mol. The highest BCUT2D eigenvalue weighted by Gasteiger charge is 2.40. The van der Waals surface area contributed by atoms with Gasteiger partial charge < -0.3 is 23.5 Å². The summed E-state index contributed by atoms with van der Waals surface area (Å²) in [5.41, 5.74) is 2.67. The van der Waals surface area contributed by atoms with Crippen LogP contribution in [0.3, 0.4) is 0 Å². The minimum absolute atomic E-state index is 0.244. The van der Waals surface area contributed by atoms with Gasteiger partial charge in [-0.2, -0.15) is 0 Å². The molecule has 1 heterocycles. The van der Waals surface area contributed by atoms with Crippen LogP contribution in [0, 0.1) is 0 Å². The third-order valence-corrected chi connectivity index (χ3v) is 5.00. The quantitative estimate of drug-likeness (QED) is 0.540. The number of allylic oxidation sites excluding steroid dienone is 3. The van der Waals surface area contributed by atoms with Crippen LogP contribution in [-0.4, -0.2) is 38.4 Å². The SMILES string of the molecule is COC1=CC=C(c2nocc2COC2CC=CCCC2)CC1(OC)OC. The average molecular weight is 361 g/mol. The molecule has 2 aliphatic carbocycles. The Morgan fingerprint density at radius 2 is 2.04 bits per heavy atom. The zero-order valence-electron chi connectivity index (χ0n) is 15.7. The van der Waals surface area contributed by atoms with Crippen LogP contribution in [0.25, 0.3) is 5.57 Å². The van der Waals surface area contributed by atoms with Crippen molar-refractivity contribution >= 4 is 5.57 Å². The molecular weight excluding hydrogens is 334 g/mol. The maximum atomic E-state index is 6.10. The van der Waals surface area contributed by atoms with Gasteiger partial charge >= 0.3 is 0 Å². The Bertz CT molecular complexity index is 684. The van der Waals surface area contributed by atoms with Crippen molar-refractivity contribution in [1.82, 2.24) is 5.16 Å². The highest BCUT2D eigenvalue weighted by molar-refractivity contribution is 5.69. The lowest BCUT2D eigenvalue weighted by atomic mass is 9.93. The Kier molecular flexibility index (Phi) is 6.29. The van der Waals surface area contributed by atoms with Crippen molar-refractivity contribution in [3.05, 3.63) is 47.6 Å². The second kappa shape index (κ2) is 8.66. The number of hydrogen-bond acceptors (Lipinski definition) is 6. The lowest BCUT2D eigenvalue weighted by Crippen LogP contribution is -2.38. The maximum Gasteiger partial charge on any atom is 0.231 e. The summed E-state index contributed by atoms with van der Waals surface area (Å²) in [4.78, 5) is 0. The van der Waals surface area contributed by atoms with E-state index in [1.54, 1.807) is 27.6 Å². The lowest BCUT2D eigenvalue weighted by Gasteiger charge is -2.34. The van der Waals surface area contributed by atoms with Crippen molar-refractivity contribution in [1.29, 1.82) is 0 Å². The summed E-state index contributed by atoms with van der Waals surface area (Å²) in [7, 11) is 4.81. The molecule has 0 saturated carbocycles. The molecule has 1 aromatic heterocycles. The average Bonchev–Trinajstić information content (AvgIpc) is 3.00. The van der Waals surface area contributed by atoms with Gasteiger partial charge in [-0.15, -0.1) is 0 Å². The van der Waals surface area contributed by atoms with Gasteiger partial charge in [0, 0.05) is 26.2 Å². The Morgan fingerprint density at radius 3 is 2.81 bits per heavy atom. The van der Waals surface area contributed by atoms with E-state index in [9.17, 15) is 0 Å². The first-order chi connectivity index (χ1) is 12.7. The molecule has 0 aromatic carbocycles. The fraction of sp³-hybridized carbons (Fsp3) is 0.550. The van der Waals surface area contributed by atoms with Gasteiger partial charge in [-0.3, -0.25) is 0 Å². The van der Waals surface area contributed by atoms with Crippen LogP contribution in [0.1, 0.15) is 43.4 Å².